The summed E-state index contributed by atoms with van der Waals surface area (Å²) < 4.78 is 1.17. The van der Waals surface area contributed by atoms with Crippen LogP contribution in [0.3, 0.4) is 0 Å². The van der Waals surface area contributed by atoms with E-state index in [0.29, 0.717) is 16.7 Å². The van der Waals surface area contributed by atoms with Crippen LogP contribution in [0.1, 0.15) is 30.7 Å². The van der Waals surface area contributed by atoms with Crippen LogP contribution in [0.25, 0.3) is 17.0 Å². The third kappa shape index (κ3) is 3.16. The summed E-state index contributed by atoms with van der Waals surface area (Å²) in [6.07, 6.45) is 4.91. The molecule has 1 aromatic heterocycles. The number of nitrogens with zero attached hydrogens (tertiary/aromatic N) is 2. The smallest absolute Gasteiger partial charge is 0.279 e. The number of aromatic nitrogens is 2. The molecule has 3 rings (SSSR count). The van der Waals surface area contributed by atoms with Crippen LogP contribution in [0.5, 0.6) is 0 Å². The summed E-state index contributed by atoms with van der Waals surface area (Å²) in [5, 5.41) is 0.547. The van der Waals surface area contributed by atoms with Gasteiger partial charge in [-0.25, -0.2) is 9.66 Å². The van der Waals surface area contributed by atoms with E-state index in [0.717, 1.165) is 12.0 Å². The molecule has 0 aliphatic carbocycles. The topological polar surface area (TPSA) is 60.9 Å². The highest BCUT2D eigenvalue weighted by Gasteiger charge is 2.13. The Morgan fingerprint density at radius 1 is 1.13 bits per heavy atom. The zero-order valence-corrected chi connectivity index (χ0v) is 13.0. The molecule has 23 heavy (non-hydrogen) atoms. The second kappa shape index (κ2) is 6.48. The van der Waals surface area contributed by atoms with Gasteiger partial charge < -0.3 is 5.84 Å². The van der Waals surface area contributed by atoms with Crippen molar-refractivity contribution in [1.82, 2.24) is 9.66 Å². The Bertz CT molecular complexity index is 897. The number of hydrogen-bond acceptors (Lipinski definition) is 3. The van der Waals surface area contributed by atoms with Crippen molar-refractivity contribution in [2.24, 2.45) is 0 Å². The van der Waals surface area contributed by atoms with Crippen LogP contribution in [-0.4, -0.2) is 9.66 Å². The third-order valence-corrected chi connectivity index (χ3v) is 3.88. The summed E-state index contributed by atoms with van der Waals surface area (Å²) in [5.41, 5.74) is 1.63. The summed E-state index contributed by atoms with van der Waals surface area (Å²) in [5.74, 6) is 6.61. The van der Waals surface area contributed by atoms with Gasteiger partial charge in [-0.15, -0.1) is 0 Å². The van der Waals surface area contributed by atoms with Crippen LogP contribution in [0.4, 0.5) is 0 Å². The molecule has 1 atom stereocenters. The molecule has 0 spiro atoms. The Morgan fingerprint density at radius 2 is 1.83 bits per heavy atom. The number of rotatable bonds is 4. The fraction of sp³-hybridized carbons (Fsp3) is 0.158. The maximum atomic E-state index is 12.3. The molecule has 0 amide bonds. The normalized spacial score (nSPS) is 12.7. The average Bonchev–Trinajstić information content (AvgIpc) is 2.59. The van der Waals surface area contributed by atoms with Gasteiger partial charge in [-0.1, -0.05) is 61.5 Å². The van der Waals surface area contributed by atoms with Crippen LogP contribution >= 0.6 is 0 Å². The number of benzene rings is 2. The van der Waals surface area contributed by atoms with Crippen LogP contribution < -0.4 is 11.4 Å². The zero-order valence-electron chi connectivity index (χ0n) is 13.0. The Hall–Kier alpha value is -2.88. The number of allylic oxidation sites excluding steroid dienone is 1. The second-order valence-corrected chi connectivity index (χ2v) is 5.61. The van der Waals surface area contributed by atoms with E-state index >= 15 is 0 Å². The zero-order chi connectivity index (χ0) is 16.2. The molecule has 116 valence electrons. The third-order valence-electron chi connectivity index (χ3n) is 3.88. The minimum atomic E-state index is -0.204. The van der Waals surface area contributed by atoms with E-state index in [2.05, 4.69) is 17.1 Å². The number of nitrogen functional groups attached to an aromatic ring is 1. The molecule has 2 aromatic carbocycles. The van der Waals surface area contributed by atoms with Gasteiger partial charge in [-0.3, -0.25) is 4.79 Å². The van der Waals surface area contributed by atoms with Gasteiger partial charge >= 0.3 is 0 Å². The van der Waals surface area contributed by atoms with Crippen LogP contribution in [0.15, 0.2) is 65.5 Å². The highest BCUT2D eigenvalue weighted by atomic mass is 16.1. The summed E-state index contributed by atoms with van der Waals surface area (Å²) in [6, 6.07) is 17.4. The quantitative estimate of drug-likeness (QED) is 0.752. The first-order valence-corrected chi connectivity index (χ1v) is 7.65. The minimum absolute atomic E-state index is 0.0530. The van der Waals surface area contributed by atoms with Crippen molar-refractivity contribution < 1.29 is 0 Å². The largest absolute Gasteiger partial charge is 0.335 e. The molecule has 4 nitrogen and oxygen atoms in total. The molecule has 2 N–H and O–H groups in total. The number of nitrogens with two attached hydrogens (primary N) is 1. The molecule has 0 saturated heterocycles. The van der Waals surface area contributed by atoms with Gasteiger partial charge in [0.2, 0.25) is 0 Å². The Morgan fingerprint density at radius 3 is 2.61 bits per heavy atom. The molecule has 0 aliphatic heterocycles. The van der Waals surface area contributed by atoms with Crippen LogP contribution in [0.2, 0.25) is 0 Å². The lowest BCUT2D eigenvalue weighted by Gasteiger charge is -2.13. The van der Waals surface area contributed by atoms with E-state index in [4.69, 9.17) is 5.84 Å². The highest BCUT2D eigenvalue weighted by Crippen LogP contribution is 2.18. The molecule has 0 aliphatic rings. The Kier molecular flexibility index (Phi) is 4.24. The first-order valence-electron chi connectivity index (χ1n) is 7.65. The summed E-state index contributed by atoms with van der Waals surface area (Å²) >= 11 is 0. The van der Waals surface area contributed by atoms with Crippen molar-refractivity contribution in [2.45, 2.75) is 19.3 Å². The van der Waals surface area contributed by atoms with Gasteiger partial charge in [0.15, 0.2) is 0 Å². The van der Waals surface area contributed by atoms with Gasteiger partial charge in [-0.2, -0.15) is 0 Å². The van der Waals surface area contributed by atoms with Crippen molar-refractivity contribution >= 4 is 17.0 Å². The molecule has 0 unspecified atom stereocenters. The van der Waals surface area contributed by atoms with Crippen LogP contribution in [-0.2, 0) is 0 Å². The van der Waals surface area contributed by atoms with Crippen molar-refractivity contribution in [1.29, 1.82) is 0 Å². The predicted octanol–water partition coefficient (Wildman–Crippen LogP) is 3.32. The highest BCUT2D eigenvalue weighted by molar-refractivity contribution is 5.77. The monoisotopic (exact) mass is 305 g/mol. The number of hydrogen-bond donors (Lipinski definition) is 1. The van der Waals surface area contributed by atoms with E-state index in [1.165, 1.54) is 4.68 Å². The molecule has 4 heteroatoms. The molecule has 3 aromatic rings. The molecule has 0 saturated carbocycles. The van der Waals surface area contributed by atoms with Gasteiger partial charge in [0.25, 0.3) is 5.56 Å². The molecule has 0 fully saturated rings. The number of para-hydroxylation sites is 1. The SMILES string of the molecule is C[C@H](C/C=C/c1ccccc1)c1nc2ccccc2c(=O)n1N. The van der Waals surface area contributed by atoms with Crippen molar-refractivity contribution in [3.05, 3.63) is 82.4 Å². The van der Waals surface area contributed by atoms with E-state index in [9.17, 15) is 4.79 Å². The lowest BCUT2D eigenvalue weighted by Crippen LogP contribution is -2.32. The van der Waals surface area contributed by atoms with Gasteiger partial charge in [0, 0.05) is 5.92 Å². The summed E-state index contributed by atoms with van der Waals surface area (Å²) in [6.45, 7) is 2.02. The maximum absolute atomic E-state index is 12.3. The van der Waals surface area contributed by atoms with Gasteiger partial charge in [-0.05, 0) is 24.1 Å². The summed E-state index contributed by atoms with van der Waals surface area (Å²) in [4.78, 5) is 16.9. The van der Waals surface area contributed by atoms with E-state index in [1.54, 1.807) is 6.07 Å². The lowest BCUT2D eigenvalue weighted by atomic mass is 10.1. The first-order chi connectivity index (χ1) is 11.2. The fourth-order valence-corrected chi connectivity index (χ4v) is 2.59. The van der Waals surface area contributed by atoms with Crippen molar-refractivity contribution in [3.8, 4) is 0 Å². The molecule has 0 bridgehead atoms. The standard InChI is InChI=1S/C19H19N3O/c1-14(8-7-11-15-9-3-2-4-10-15)18-21-17-13-6-5-12-16(17)19(23)22(18)20/h2-7,9-14H,8,20H2,1H3/b11-7+/t14-/m1/s1. The van der Waals surface area contributed by atoms with Crippen LogP contribution in [0, 0.1) is 0 Å². The molecular formula is C19H19N3O. The van der Waals surface area contributed by atoms with E-state index in [1.807, 2.05) is 55.5 Å². The van der Waals surface area contributed by atoms with Crippen molar-refractivity contribution in [2.75, 3.05) is 5.84 Å². The average molecular weight is 305 g/mol. The second-order valence-electron chi connectivity index (χ2n) is 5.61. The lowest BCUT2D eigenvalue weighted by molar-refractivity contribution is 0.663. The van der Waals surface area contributed by atoms with E-state index < -0.39 is 0 Å². The summed E-state index contributed by atoms with van der Waals surface area (Å²) in [7, 11) is 0. The van der Waals surface area contributed by atoms with Gasteiger partial charge in [0.1, 0.15) is 5.82 Å². The van der Waals surface area contributed by atoms with Gasteiger partial charge in [0.05, 0.1) is 10.9 Å². The molecule has 1 heterocycles. The Balaban J connectivity index is 1.86. The fourth-order valence-electron chi connectivity index (χ4n) is 2.59. The van der Waals surface area contributed by atoms with Crippen molar-refractivity contribution in [3.63, 3.8) is 0 Å². The Labute approximate surface area is 134 Å². The van der Waals surface area contributed by atoms with E-state index in [-0.39, 0.29) is 11.5 Å². The molecule has 0 radical (unpaired) electrons. The molecular weight excluding hydrogens is 286 g/mol. The minimum Gasteiger partial charge on any atom is -0.335 e. The number of fused-ring (bicyclic) bond motifs is 1. The predicted molar refractivity (Wildman–Crippen MR) is 94.7 cm³/mol. The maximum Gasteiger partial charge on any atom is 0.279 e. The first kappa shape index (κ1) is 15.0.